The average molecular weight is 549 g/mol. The molecule has 10 heteroatoms. The highest BCUT2D eigenvalue weighted by atomic mass is 35.5. The third kappa shape index (κ3) is 4.96. The molecule has 4 aromatic rings. The standard InChI is InChI=1S/C28H29ClN6O2S/c1-15(2)12-19-8-6-18(14-30-19)24-20-9-10-22-26(38-28(32-22)31-16(3)36)25(20)35(33-24)23-11-7-17(13-21(23)29)27(37)34(4)5/h6-8,11,13-15H,9-10,12H2,1-5H3,(H,31,32,36). The van der Waals surface area contributed by atoms with Crippen LogP contribution in [0.15, 0.2) is 36.5 Å². The Balaban J connectivity index is 1.67. The van der Waals surface area contributed by atoms with E-state index in [0.717, 1.165) is 58.0 Å². The predicted molar refractivity (Wildman–Crippen MR) is 151 cm³/mol. The molecule has 0 aliphatic heterocycles. The summed E-state index contributed by atoms with van der Waals surface area (Å²) in [4.78, 5) is 36.1. The van der Waals surface area contributed by atoms with Gasteiger partial charge in [0.05, 0.1) is 32.7 Å². The predicted octanol–water partition coefficient (Wildman–Crippen LogP) is 5.67. The second-order valence-corrected chi connectivity index (χ2v) is 11.5. The van der Waals surface area contributed by atoms with E-state index in [0.29, 0.717) is 27.3 Å². The number of nitrogens with one attached hydrogen (secondary N) is 1. The maximum Gasteiger partial charge on any atom is 0.253 e. The summed E-state index contributed by atoms with van der Waals surface area (Å²) in [5, 5.41) is 8.84. The minimum Gasteiger partial charge on any atom is -0.345 e. The van der Waals surface area contributed by atoms with Crippen molar-refractivity contribution in [1.29, 1.82) is 0 Å². The summed E-state index contributed by atoms with van der Waals surface area (Å²) >= 11 is 8.20. The summed E-state index contributed by atoms with van der Waals surface area (Å²) in [5.41, 5.74) is 6.88. The van der Waals surface area contributed by atoms with Crippen LogP contribution in [-0.2, 0) is 24.1 Å². The Hall–Kier alpha value is -3.56. The molecule has 3 aromatic heterocycles. The molecule has 0 atom stereocenters. The summed E-state index contributed by atoms with van der Waals surface area (Å²) in [6.45, 7) is 5.83. The molecule has 5 rings (SSSR count). The van der Waals surface area contributed by atoms with Crippen molar-refractivity contribution in [3.63, 3.8) is 0 Å². The Bertz CT molecular complexity index is 1540. The zero-order valence-electron chi connectivity index (χ0n) is 22.0. The average Bonchev–Trinajstić information content (AvgIpc) is 3.44. The van der Waals surface area contributed by atoms with Crippen LogP contribution in [0.2, 0.25) is 5.02 Å². The molecule has 0 saturated carbocycles. The number of hydrogen-bond donors (Lipinski definition) is 1. The molecule has 0 spiro atoms. The Morgan fingerprint density at radius 2 is 1.97 bits per heavy atom. The van der Waals surface area contributed by atoms with Gasteiger partial charge in [0.15, 0.2) is 5.13 Å². The van der Waals surface area contributed by atoms with Crippen molar-refractivity contribution < 1.29 is 9.59 Å². The molecule has 38 heavy (non-hydrogen) atoms. The normalized spacial score (nSPS) is 12.3. The van der Waals surface area contributed by atoms with E-state index in [-0.39, 0.29) is 11.8 Å². The van der Waals surface area contributed by atoms with E-state index in [1.807, 2.05) is 16.9 Å². The molecule has 1 aromatic carbocycles. The first-order valence-electron chi connectivity index (χ1n) is 12.5. The zero-order valence-corrected chi connectivity index (χ0v) is 23.6. The van der Waals surface area contributed by atoms with Gasteiger partial charge in [0.2, 0.25) is 5.91 Å². The van der Waals surface area contributed by atoms with Crippen LogP contribution in [-0.4, -0.2) is 50.6 Å². The van der Waals surface area contributed by atoms with E-state index >= 15 is 0 Å². The molecule has 1 aliphatic carbocycles. The minimum absolute atomic E-state index is 0.126. The van der Waals surface area contributed by atoms with Crippen LogP contribution in [0.5, 0.6) is 0 Å². The van der Waals surface area contributed by atoms with Gasteiger partial charge in [-0.25, -0.2) is 9.67 Å². The summed E-state index contributed by atoms with van der Waals surface area (Å²) in [7, 11) is 3.41. The second-order valence-electron chi connectivity index (χ2n) is 10.1. The summed E-state index contributed by atoms with van der Waals surface area (Å²) < 4.78 is 1.84. The second kappa shape index (κ2) is 10.3. The molecule has 0 fully saturated rings. The number of carbonyl (C=O) groups is 2. The summed E-state index contributed by atoms with van der Waals surface area (Å²) in [6.07, 6.45) is 4.27. The number of amides is 2. The first-order valence-corrected chi connectivity index (χ1v) is 13.7. The Morgan fingerprint density at radius 3 is 2.61 bits per heavy atom. The van der Waals surface area contributed by atoms with Crippen LogP contribution in [0.3, 0.4) is 0 Å². The fraction of sp³-hybridized carbons (Fsp3) is 0.321. The highest BCUT2D eigenvalue weighted by Crippen LogP contribution is 2.44. The Morgan fingerprint density at radius 1 is 1.18 bits per heavy atom. The van der Waals surface area contributed by atoms with Gasteiger partial charge in [-0.05, 0) is 55.5 Å². The molecule has 1 aliphatic rings. The molecule has 0 bridgehead atoms. The fourth-order valence-corrected chi connectivity index (χ4v) is 6.03. The van der Waals surface area contributed by atoms with Crippen LogP contribution in [0.1, 0.15) is 48.1 Å². The van der Waals surface area contributed by atoms with E-state index in [1.165, 1.54) is 23.2 Å². The smallest absolute Gasteiger partial charge is 0.253 e. The van der Waals surface area contributed by atoms with Gasteiger partial charge >= 0.3 is 0 Å². The van der Waals surface area contributed by atoms with Crippen molar-refractivity contribution in [2.24, 2.45) is 5.92 Å². The first-order chi connectivity index (χ1) is 18.1. The summed E-state index contributed by atoms with van der Waals surface area (Å²) in [5.74, 6) is 0.230. The van der Waals surface area contributed by atoms with Crippen molar-refractivity contribution in [3.05, 3.63) is 64.1 Å². The number of hydrogen-bond acceptors (Lipinski definition) is 6. The SMILES string of the molecule is CC(=O)Nc1nc2c(s1)-c1c(c(-c3ccc(CC(C)C)nc3)nn1-c1ccc(C(=O)N(C)C)cc1Cl)CC2. The monoisotopic (exact) mass is 548 g/mol. The van der Waals surface area contributed by atoms with Crippen LogP contribution in [0.25, 0.3) is 27.5 Å². The third-order valence-electron chi connectivity index (χ3n) is 6.34. The number of carbonyl (C=O) groups excluding carboxylic acids is 2. The number of nitrogens with zero attached hydrogens (tertiary/aromatic N) is 5. The fourth-order valence-electron chi connectivity index (χ4n) is 4.65. The van der Waals surface area contributed by atoms with E-state index in [4.69, 9.17) is 21.7 Å². The van der Waals surface area contributed by atoms with E-state index in [9.17, 15) is 9.59 Å². The largest absolute Gasteiger partial charge is 0.345 e. The zero-order chi connectivity index (χ0) is 27.1. The molecule has 0 unspecified atom stereocenters. The molecule has 0 radical (unpaired) electrons. The number of anilines is 1. The van der Waals surface area contributed by atoms with Crippen molar-refractivity contribution in [3.8, 4) is 27.5 Å². The van der Waals surface area contributed by atoms with E-state index in [1.54, 1.807) is 26.2 Å². The van der Waals surface area contributed by atoms with Crippen molar-refractivity contribution in [2.45, 2.75) is 40.0 Å². The third-order valence-corrected chi connectivity index (χ3v) is 7.66. The lowest BCUT2D eigenvalue weighted by atomic mass is 9.95. The van der Waals surface area contributed by atoms with Crippen molar-refractivity contribution >= 4 is 39.9 Å². The molecular formula is C28H29ClN6O2S. The minimum atomic E-state index is -0.165. The molecule has 196 valence electrons. The maximum atomic E-state index is 12.5. The number of aryl methyl sites for hydroxylation is 1. The van der Waals surface area contributed by atoms with Gasteiger partial charge in [0.1, 0.15) is 0 Å². The number of aromatic nitrogens is 4. The van der Waals surface area contributed by atoms with Crippen molar-refractivity contribution in [1.82, 2.24) is 24.6 Å². The lowest BCUT2D eigenvalue weighted by Gasteiger charge is -2.16. The van der Waals surface area contributed by atoms with Crippen LogP contribution < -0.4 is 5.32 Å². The van der Waals surface area contributed by atoms with Gasteiger partial charge in [0, 0.05) is 49.6 Å². The van der Waals surface area contributed by atoms with E-state index < -0.39 is 0 Å². The number of pyridine rings is 1. The highest BCUT2D eigenvalue weighted by molar-refractivity contribution is 7.19. The molecule has 3 heterocycles. The first kappa shape index (κ1) is 26.1. The summed E-state index contributed by atoms with van der Waals surface area (Å²) in [6, 6.07) is 9.39. The number of fused-ring (bicyclic) bond motifs is 3. The van der Waals surface area contributed by atoms with Gasteiger partial charge < -0.3 is 10.2 Å². The Labute approximate surface area is 230 Å². The number of thiazole rings is 1. The van der Waals surface area contributed by atoms with E-state index in [2.05, 4.69) is 36.3 Å². The van der Waals surface area contributed by atoms with Crippen LogP contribution >= 0.6 is 22.9 Å². The van der Waals surface area contributed by atoms with Gasteiger partial charge in [-0.1, -0.05) is 36.8 Å². The topological polar surface area (TPSA) is 93.0 Å². The van der Waals surface area contributed by atoms with Gasteiger partial charge in [-0.15, -0.1) is 0 Å². The lowest BCUT2D eigenvalue weighted by molar-refractivity contribution is -0.114. The van der Waals surface area contributed by atoms with Gasteiger partial charge in [0.25, 0.3) is 5.91 Å². The molecule has 8 nitrogen and oxygen atoms in total. The maximum absolute atomic E-state index is 12.5. The number of rotatable bonds is 6. The molecule has 1 N–H and O–H groups in total. The molecular weight excluding hydrogens is 520 g/mol. The van der Waals surface area contributed by atoms with Gasteiger partial charge in [-0.3, -0.25) is 14.6 Å². The molecule has 2 amide bonds. The molecule has 0 saturated heterocycles. The van der Waals surface area contributed by atoms with Gasteiger partial charge in [-0.2, -0.15) is 5.10 Å². The number of benzene rings is 1. The number of halogens is 1. The van der Waals surface area contributed by atoms with Crippen LogP contribution in [0, 0.1) is 5.92 Å². The quantitative estimate of drug-likeness (QED) is 0.335. The Kier molecular flexibility index (Phi) is 7.07. The highest BCUT2D eigenvalue weighted by Gasteiger charge is 2.30. The van der Waals surface area contributed by atoms with Crippen LogP contribution in [0.4, 0.5) is 5.13 Å². The van der Waals surface area contributed by atoms with Crippen molar-refractivity contribution in [2.75, 3.05) is 19.4 Å². The lowest BCUT2D eigenvalue weighted by Crippen LogP contribution is -2.21.